The zero-order chi connectivity index (χ0) is 18.7. The molecule has 27 heavy (non-hydrogen) atoms. The van der Waals surface area contributed by atoms with Crippen molar-refractivity contribution in [3.63, 3.8) is 0 Å². The summed E-state index contributed by atoms with van der Waals surface area (Å²) in [6.45, 7) is 8.46. The first-order valence-electron chi connectivity index (χ1n) is 10.9. The molecule has 0 saturated carbocycles. The normalized spacial score (nSPS) is 25.0. The number of nitrogens with zero attached hydrogens (tertiary/aromatic N) is 2. The van der Waals surface area contributed by atoms with Crippen LogP contribution in [0.25, 0.3) is 0 Å². The number of rotatable bonds is 4. The van der Waals surface area contributed by atoms with Gasteiger partial charge in [-0.15, -0.1) is 0 Å². The van der Waals surface area contributed by atoms with Gasteiger partial charge in [0.15, 0.2) is 0 Å². The van der Waals surface area contributed by atoms with Gasteiger partial charge in [0.05, 0.1) is 6.04 Å². The maximum absolute atomic E-state index is 13.0. The SMILES string of the molecule is CC(C(=O)N1CCC2(CCNC2)CC1)N1CCC(Cc2ccccc2)CC1. The predicted molar refractivity (Wildman–Crippen MR) is 110 cm³/mol. The van der Waals surface area contributed by atoms with Crippen LogP contribution in [0.5, 0.6) is 0 Å². The lowest BCUT2D eigenvalue weighted by Gasteiger charge is -2.42. The molecule has 3 aliphatic rings. The number of likely N-dealkylation sites (tertiary alicyclic amines) is 2. The van der Waals surface area contributed by atoms with Crippen LogP contribution < -0.4 is 5.32 Å². The highest BCUT2D eigenvalue weighted by atomic mass is 16.2. The summed E-state index contributed by atoms with van der Waals surface area (Å²) >= 11 is 0. The van der Waals surface area contributed by atoms with E-state index in [1.165, 1.54) is 44.1 Å². The summed E-state index contributed by atoms with van der Waals surface area (Å²) in [4.78, 5) is 17.6. The molecule has 3 fully saturated rings. The first-order valence-corrected chi connectivity index (χ1v) is 10.9. The van der Waals surface area contributed by atoms with E-state index in [1.54, 1.807) is 0 Å². The number of nitrogens with one attached hydrogen (secondary N) is 1. The van der Waals surface area contributed by atoms with Gasteiger partial charge in [0.25, 0.3) is 0 Å². The van der Waals surface area contributed by atoms with Gasteiger partial charge in [-0.05, 0) is 82.0 Å². The topological polar surface area (TPSA) is 35.6 Å². The number of amides is 1. The van der Waals surface area contributed by atoms with Crippen LogP contribution in [0.4, 0.5) is 0 Å². The van der Waals surface area contributed by atoms with Crippen molar-refractivity contribution >= 4 is 5.91 Å². The smallest absolute Gasteiger partial charge is 0.239 e. The Hall–Kier alpha value is -1.39. The van der Waals surface area contributed by atoms with Gasteiger partial charge >= 0.3 is 0 Å². The average Bonchev–Trinajstić information content (AvgIpc) is 3.17. The van der Waals surface area contributed by atoms with Crippen molar-refractivity contribution in [1.82, 2.24) is 15.1 Å². The van der Waals surface area contributed by atoms with Crippen molar-refractivity contribution in [3.05, 3.63) is 35.9 Å². The molecule has 4 nitrogen and oxygen atoms in total. The monoisotopic (exact) mass is 369 g/mol. The second kappa shape index (κ2) is 8.32. The lowest BCUT2D eigenvalue weighted by molar-refractivity contribution is -0.139. The molecule has 148 valence electrons. The molecule has 1 spiro atoms. The van der Waals surface area contributed by atoms with Crippen LogP contribution in [0.15, 0.2) is 30.3 Å². The van der Waals surface area contributed by atoms with Gasteiger partial charge in [-0.25, -0.2) is 0 Å². The van der Waals surface area contributed by atoms with Crippen molar-refractivity contribution in [2.75, 3.05) is 39.3 Å². The second-order valence-electron chi connectivity index (χ2n) is 9.10. The van der Waals surface area contributed by atoms with Crippen molar-refractivity contribution in [1.29, 1.82) is 0 Å². The fraction of sp³-hybridized carbons (Fsp3) is 0.696. The van der Waals surface area contributed by atoms with Gasteiger partial charge in [0.2, 0.25) is 5.91 Å². The molecule has 4 rings (SSSR count). The van der Waals surface area contributed by atoms with Gasteiger partial charge in [0.1, 0.15) is 0 Å². The summed E-state index contributed by atoms with van der Waals surface area (Å²) in [5.41, 5.74) is 1.93. The van der Waals surface area contributed by atoms with Gasteiger partial charge in [-0.2, -0.15) is 0 Å². The fourth-order valence-corrected chi connectivity index (χ4v) is 5.34. The number of benzene rings is 1. The molecule has 1 aromatic rings. The lowest BCUT2D eigenvalue weighted by atomic mass is 9.77. The van der Waals surface area contributed by atoms with Crippen LogP contribution in [0.1, 0.15) is 44.6 Å². The molecule has 1 amide bonds. The molecule has 0 bridgehead atoms. The molecular formula is C23H35N3O. The lowest BCUT2D eigenvalue weighted by Crippen LogP contribution is -2.53. The molecule has 1 N–H and O–H groups in total. The van der Waals surface area contributed by atoms with E-state index in [0.717, 1.165) is 45.2 Å². The Kier molecular flexibility index (Phi) is 5.84. The minimum atomic E-state index is 0.0402. The van der Waals surface area contributed by atoms with Crippen LogP contribution in [0.3, 0.4) is 0 Å². The van der Waals surface area contributed by atoms with E-state index in [-0.39, 0.29) is 6.04 Å². The van der Waals surface area contributed by atoms with Crippen LogP contribution in [-0.4, -0.2) is 61.0 Å². The highest BCUT2D eigenvalue weighted by Gasteiger charge is 2.39. The average molecular weight is 370 g/mol. The van der Waals surface area contributed by atoms with Crippen molar-refractivity contribution in [2.45, 2.75) is 51.5 Å². The molecule has 1 unspecified atom stereocenters. The van der Waals surface area contributed by atoms with Gasteiger partial charge in [-0.1, -0.05) is 30.3 Å². The third-order valence-corrected chi connectivity index (χ3v) is 7.39. The van der Waals surface area contributed by atoms with E-state index >= 15 is 0 Å². The molecule has 0 radical (unpaired) electrons. The summed E-state index contributed by atoms with van der Waals surface area (Å²) in [5, 5.41) is 3.51. The molecule has 0 aliphatic carbocycles. The van der Waals surface area contributed by atoms with E-state index in [9.17, 15) is 4.79 Å². The molecule has 1 aromatic carbocycles. The van der Waals surface area contributed by atoms with Crippen LogP contribution in [0.2, 0.25) is 0 Å². The van der Waals surface area contributed by atoms with Crippen LogP contribution in [-0.2, 0) is 11.2 Å². The maximum atomic E-state index is 13.0. The van der Waals surface area contributed by atoms with E-state index in [2.05, 4.69) is 52.4 Å². The summed E-state index contributed by atoms with van der Waals surface area (Å²) in [6, 6.07) is 10.9. The second-order valence-corrected chi connectivity index (χ2v) is 9.10. The Labute approximate surface area is 164 Å². The highest BCUT2D eigenvalue weighted by Crippen LogP contribution is 2.37. The number of carbonyl (C=O) groups is 1. The molecular weight excluding hydrogens is 334 g/mol. The number of carbonyl (C=O) groups excluding carboxylic acids is 1. The molecule has 4 heteroatoms. The van der Waals surface area contributed by atoms with Gasteiger partial charge < -0.3 is 10.2 Å². The highest BCUT2D eigenvalue weighted by molar-refractivity contribution is 5.81. The standard InChI is InChI=1S/C23H35N3O/c1-19(22(27)26-15-10-23(11-16-26)9-12-24-18-23)25-13-7-21(8-14-25)17-20-5-3-2-4-6-20/h2-6,19,21,24H,7-18H2,1H3. The number of hydrogen-bond acceptors (Lipinski definition) is 3. The van der Waals surface area contributed by atoms with E-state index in [1.807, 2.05) is 0 Å². The maximum Gasteiger partial charge on any atom is 0.239 e. The summed E-state index contributed by atoms with van der Waals surface area (Å²) in [7, 11) is 0. The van der Waals surface area contributed by atoms with E-state index in [4.69, 9.17) is 0 Å². The Morgan fingerprint density at radius 1 is 1.11 bits per heavy atom. The Balaban J connectivity index is 1.24. The van der Waals surface area contributed by atoms with Crippen LogP contribution in [0, 0.1) is 11.3 Å². The third-order valence-electron chi connectivity index (χ3n) is 7.39. The summed E-state index contributed by atoms with van der Waals surface area (Å²) in [5.74, 6) is 1.12. The number of hydrogen-bond donors (Lipinski definition) is 1. The van der Waals surface area contributed by atoms with Gasteiger partial charge in [-0.3, -0.25) is 9.69 Å². The van der Waals surface area contributed by atoms with Crippen molar-refractivity contribution < 1.29 is 4.79 Å². The zero-order valence-corrected chi connectivity index (χ0v) is 16.8. The van der Waals surface area contributed by atoms with E-state index < -0.39 is 0 Å². The predicted octanol–water partition coefficient (Wildman–Crippen LogP) is 2.93. The largest absolute Gasteiger partial charge is 0.341 e. The van der Waals surface area contributed by atoms with Crippen molar-refractivity contribution in [3.8, 4) is 0 Å². The fourth-order valence-electron chi connectivity index (χ4n) is 5.34. The molecule has 3 saturated heterocycles. The molecule has 1 atom stereocenters. The summed E-state index contributed by atoms with van der Waals surface area (Å²) in [6.07, 6.45) is 7.25. The Morgan fingerprint density at radius 2 is 1.81 bits per heavy atom. The minimum absolute atomic E-state index is 0.0402. The first-order chi connectivity index (χ1) is 13.2. The Morgan fingerprint density at radius 3 is 2.44 bits per heavy atom. The van der Waals surface area contributed by atoms with E-state index in [0.29, 0.717) is 11.3 Å². The zero-order valence-electron chi connectivity index (χ0n) is 16.8. The van der Waals surface area contributed by atoms with Crippen molar-refractivity contribution in [2.24, 2.45) is 11.3 Å². The Bertz CT molecular complexity index is 608. The first kappa shape index (κ1) is 18.9. The summed E-state index contributed by atoms with van der Waals surface area (Å²) < 4.78 is 0. The van der Waals surface area contributed by atoms with Gasteiger partial charge in [0, 0.05) is 19.6 Å². The third kappa shape index (κ3) is 4.38. The molecule has 3 heterocycles. The number of piperidine rings is 2. The quantitative estimate of drug-likeness (QED) is 0.886. The minimum Gasteiger partial charge on any atom is -0.341 e. The van der Waals surface area contributed by atoms with Crippen LogP contribution >= 0.6 is 0 Å². The molecule has 3 aliphatic heterocycles. The molecule has 0 aromatic heterocycles.